The highest BCUT2D eigenvalue weighted by Crippen LogP contribution is 2.43. The third-order valence-electron chi connectivity index (χ3n) is 5.55. The molecule has 1 aromatic heterocycles. The van der Waals surface area contributed by atoms with Crippen LogP contribution < -0.4 is 9.64 Å². The van der Waals surface area contributed by atoms with E-state index in [9.17, 15) is 14.7 Å². The fourth-order valence-electron chi connectivity index (χ4n) is 3.89. The number of methoxy groups -OCH3 is 1. The second-order valence-electron chi connectivity index (χ2n) is 7.39. The highest BCUT2D eigenvalue weighted by Gasteiger charge is 2.47. The molecule has 1 fully saturated rings. The molecule has 2 heterocycles. The highest BCUT2D eigenvalue weighted by atomic mass is 32.1. The molecule has 1 aliphatic heterocycles. The lowest BCUT2D eigenvalue weighted by atomic mass is 9.98. The van der Waals surface area contributed by atoms with Gasteiger partial charge in [-0.3, -0.25) is 14.5 Å². The number of ketones is 1. The lowest BCUT2D eigenvalue weighted by molar-refractivity contribution is -0.132. The molecule has 1 unspecified atom stereocenters. The first kappa shape index (κ1) is 20.9. The molecule has 0 bridgehead atoms. The first-order chi connectivity index (χ1) is 15.0. The Balaban J connectivity index is 1.88. The zero-order valence-corrected chi connectivity index (χ0v) is 18.4. The van der Waals surface area contributed by atoms with E-state index in [1.807, 2.05) is 48.7 Å². The number of aryl methyl sites for hydroxylation is 2. The van der Waals surface area contributed by atoms with Crippen molar-refractivity contribution in [1.29, 1.82) is 0 Å². The van der Waals surface area contributed by atoms with Gasteiger partial charge in [0.2, 0.25) is 0 Å². The Hall–Kier alpha value is -3.38. The van der Waals surface area contributed by atoms with Gasteiger partial charge in [-0.2, -0.15) is 0 Å². The fraction of sp³-hybridized carbons (Fsp3) is 0.200. The van der Waals surface area contributed by atoms with Crippen LogP contribution in [-0.4, -0.2) is 23.9 Å². The molecule has 1 amide bonds. The Kier molecular flexibility index (Phi) is 5.65. The van der Waals surface area contributed by atoms with Gasteiger partial charge in [0, 0.05) is 16.1 Å². The number of ether oxygens (including phenoxy) is 1. The van der Waals surface area contributed by atoms with Crippen molar-refractivity contribution in [3.05, 3.63) is 87.1 Å². The van der Waals surface area contributed by atoms with Gasteiger partial charge in [0.25, 0.3) is 11.7 Å². The standard InChI is InChI=1S/C25H23NO4S/c1-4-16-7-10-18(11-8-16)26-22(20-6-5-13-31-20)21(24(28)25(26)29)23(27)17-9-12-19(30-3)15(2)14-17/h5-14,22,27H,4H2,1-3H3/b23-21-. The van der Waals surface area contributed by atoms with E-state index in [1.54, 1.807) is 25.3 Å². The minimum atomic E-state index is -0.691. The van der Waals surface area contributed by atoms with Crippen molar-refractivity contribution < 1.29 is 19.4 Å². The maximum atomic E-state index is 13.1. The molecular formula is C25H23NO4S. The molecule has 1 N–H and O–H groups in total. The molecule has 1 saturated heterocycles. The van der Waals surface area contributed by atoms with E-state index in [4.69, 9.17) is 4.74 Å². The Morgan fingerprint density at radius 1 is 1.13 bits per heavy atom. The minimum Gasteiger partial charge on any atom is -0.507 e. The van der Waals surface area contributed by atoms with E-state index in [0.29, 0.717) is 17.0 Å². The summed E-state index contributed by atoms with van der Waals surface area (Å²) in [5.74, 6) is -0.837. The maximum Gasteiger partial charge on any atom is 0.300 e. The summed E-state index contributed by atoms with van der Waals surface area (Å²) in [6.45, 7) is 3.92. The number of amides is 1. The lowest BCUT2D eigenvalue weighted by Crippen LogP contribution is -2.29. The number of anilines is 1. The second-order valence-corrected chi connectivity index (χ2v) is 8.37. The summed E-state index contributed by atoms with van der Waals surface area (Å²) in [6, 6.07) is 15.8. The number of benzene rings is 2. The summed E-state index contributed by atoms with van der Waals surface area (Å²) in [7, 11) is 1.58. The number of hydrogen-bond donors (Lipinski definition) is 1. The predicted molar refractivity (Wildman–Crippen MR) is 123 cm³/mol. The summed E-state index contributed by atoms with van der Waals surface area (Å²) in [6.07, 6.45) is 0.879. The van der Waals surface area contributed by atoms with Gasteiger partial charge >= 0.3 is 0 Å². The smallest absolute Gasteiger partial charge is 0.300 e. The van der Waals surface area contributed by atoms with Crippen LogP contribution in [0.1, 0.15) is 34.5 Å². The normalized spacial score (nSPS) is 17.9. The Morgan fingerprint density at radius 3 is 2.45 bits per heavy atom. The molecule has 0 aliphatic carbocycles. The molecular weight excluding hydrogens is 410 g/mol. The van der Waals surface area contributed by atoms with Crippen molar-refractivity contribution in [3.63, 3.8) is 0 Å². The maximum absolute atomic E-state index is 13.1. The summed E-state index contributed by atoms with van der Waals surface area (Å²) in [5.41, 5.74) is 3.16. The van der Waals surface area contributed by atoms with E-state index in [-0.39, 0.29) is 11.3 Å². The van der Waals surface area contributed by atoms with Crippen LogP contribution in [0.3, 0.4) is 0 Å². The van der Waals surface area contributed by atoms with E-state index < -0.39 is 17.7 Å². The van der Waals surface area contributed by atoms with Crippen molar-refractivity contribution in [1.82, 2.24) is 0 Å². The van der Waals surface area contributed by atoms with Gasteiger partial charge in [0.1, 0.15) is 17.6 Å². The zero-order chi connectivity index (χ0) is 22.1. The molecule has 1 atom stereocenters. The van der Waals surface area contributed by atoms with Crippen molar-refractivity contribution in [2.24, 2.45) is 0 Å². The summed E-state index contributed by atoms with van der Waals surface area (Å²) in [5, 5.41) is 13.1. The van der Waals surface area contributed by atoms with Gasteiger partial charge in [-0.25, -0.2) is 0 Å². The highest BCUT2D eigenvalue weighted by molar-refractivity contribution is 7.10. The van der Waals surface area contributed by atoms with Gasteiger partial charge in [-0.15, -0.1) is 11.3 Å². The zero-order valence-electron chi connectivity index (χ0n) is 17.6. The second kappa shape index (κ2) is 8.40. The minimum absolute atomic E-state index is 0.0941. The average molecular weight is 434 g/mol. The van der Waals surface area contributed by atoms with Crippen molar-refractivity contribution in [2.45, 2.75) is 26.3 Å². The van der Waals surface area contributed by atoms with E-state index in [0.717, 1.165) is 22.4 Å². The number of hydrogen-bond acceptors (Lipinski definition) is 5. The van der Waals surface area contributed by atoms with Gasteiger partial charge in [0.05, 0.1) is 12.7 Å². The van der Waals surface area contributed by atoms with Gasteiger partial charge < -0.3 is 9.84 Å². The average Bonchev–Trinajstić information content (AvgIpc) is 3.40. The van der Waals surface area contributed by atoms with E-state index in [1.165, 1.54) is 16.2 Å². The third kappa shape index (κ3) is 3.64. The first-order valence-corrected chi connectivity index (χ1v) is 10.9. The first-order valence-electron chi connectivity index (χ1n) is 10.0. The van der Waals surface area contributed by atoms with Crippen LogP contribution in [0.4, 0.5) is 5.69 Å². The molecule has 0 radical (unpaired) electrons. The number of carbonyl (C=O) groups excluding carboxylic acids is 2. The quantitative estimate of drug-likeness (QED) is 0.339. The molecule has 5 nitrogen and oxygen atoms in total. The SMILES string of the molecule is CCc1ccc(N2C(=O)C(=O)/C(=C(\O)c3ccc(OC)c(C)c3)C2c2cccs2)cc1. The predicted octanol–water partition coefficient (Wildman–Crippen LogP) is 5.25. The molecule has 0 spiro atoms. The Labute approximate surface area is 185 Å². The molecule has 6 heteroatoms. The fourth-order valence-corrected chi connectivity index (χ4v) is 4.71. The summed E-state index contributed by atoms with van der Waals surface area (Å²) < 4.78 is 5.29. The van der Waals surface area contributed by atoms with Crippen molar-refractivity contribution in [2.75, 3.05) is 12.0 Å². The van der Waals surface area contributed by atoms with Crippen LogP contribution in [-0.2, 0) is 16.0 Å². The topological polar surface area (TPSA) is 66.8 Å². The third-order valence-corrected chi connectivity index (χ3v) is 6.47. The van der Waals surface area contributed by atoms with Crippen LogP contribution in [0.2, 0.25) is 0 Å². The van der Waals surface area contributed by atoms with Crippen molar-refractivity contribution >= 4 is 34.5 Å². The number of aliphatic hydroxyl groups excluding tert-OH is 1. The van der Waals surface area contributed by atoms with E-state index in [2.05, 4.69) is 6.92 Å². The Morgan fingerprint density at radius 2 is 1.87 bits per heavy atom. The van der Waals surface area contributed by atoms with Crippen LogP contribution in [0.15, 0.2) is 65.6 Å². The van der Waals surface area contributed by atoms with Gasteiger partial charge in [-0.1, -0.05) is 25.1 Å². The number of Topliss-reactive ketones (excluding diaryl/α,β-unsaturated/α-hetero) is 1. The molecule has 0 saturated carbocycles. The molecule has 158 valence electrons. The number of carbonyl (C=O) groups is 2. The molecule has 31 heavy (non-hydrogen) atoms. The van der Waals surface area contributed by atoms with Gasteiger partial charge in [0.15, 0.2) is 0 Å². The number of thiophene rings is 1. The van der Waals surface area contributed by atoms with Crippen LogP contribution in [0.5, 0.6) is 5.75 Å². The number of aliphatic hydroxyl groups is 1. The Bertz CT molecular complexity index is 1160. The monoisotopic (exact) mass is 433 g/mol. The summed E-state index contributed by atoms with van der Waals surface area (Å²) in [4.78, 5) is 28.5. The number of nitrogens with zero attached hydrogens (tertiary/aromatic N) is 1. The molecule has 4 rings (SSSR count). The van der Waals surface area contributed by atoms with Crippen LogP contribution >= 0.6 is 11.3 Å². The molecule has 3 aromatic rings. The van der Waals surface area contributed by atoms with Crippen LogP contribution in [0.25, 0.3) is 5.76 Å². The van der Waals surface area contributed by atoms with Crippen LogP contribution in [0, 0.1) is 6.92 Å². The van der Waals surface area contributed by atoms with Crippen molar-refractivity contribution in [3.8, 4) is 5.75 Å². The number of rotatable bonds is 5. The largest absolute Gasteiger partial charge is 0.507 e. The van der Waals surface area contributed by atoms with Gasteiger partial charge in [-0.05, 0) is 66.2 Å². The molecule has 2 aromatic carbocycles. The lowest BCUT2D eigenvalue weighted by Gasteiger charge is -2.24. The molecule has 1 aliphatic rings. The summed E-state index contributed by atoms with van der Waals surface area (Å²) >= 11 is 1.44. The van der Waals surface area contributed by atoms with E-state index >= 15 is 0 Å².